The molecule has 61 heavy (non-hydrogen) atoms. The molecular formula is C46H53N3O11Si. The number of para-hydroxylation sites is 1. The third-order valence-electron chi connectivity index (χ3n) is 13.4. The summed E-state index contributed by atoms with van der Waals surface area (Å²) >= 11 is 0. The molecule has 0 bridgehead atoms. The van der Waals surface area contributed by atoms with Crippen LogP contribution in [-0.4, -0.2) is 113 Å². The van der Waals surface area contributed by atoms with Crippen molar-refractivity contribution in [1.29, 1.82) is 0 Å². The molecule has 0 aromatic heterocycles. The standard InChI is InChI=1S/C46H53N3O11Si/c1-26-42(61(3,4)33-19-17-32(58-2)18-20-33)36(22-37(51)48-24-29-10-6-5-9-28(29)21-31(48)25-50)60-46(26)34-11-7-8-12-35(34)49(45(46)57)23-27-13-15-30(16-14-27)47-43(55)41-39(53)38(52)40(54)44(56)59-41/h5-20,26,31,36,38-42,44,50,52-54,56H,21-25H2,1-4H3,(H,47,55)/t26-,31+,36+,38+,39+,40-,41+,42-,44-,46+/m1/s1. The van der Waals surface area contributed by atoms with Crippen molar-refractivity contribution in [3.63, 3.8) is 0 Å². The third-order valence-corrected chi connectivity index (χ3v) is 17.8. The number of hydrogen-bond donors (Lipinski definition) is 6. The van der Waals surface area contributed by atoms with Gasteiger partial charge in [0.2, 0.25) is 5.91 Å². The summed E-state index contributed by atoms with van der Waals surface area (Å²) in [6, 6.07) is 30.0. The first kappa shape index (κ1) is 42.7. The molecule has 8 rings (SSSR count). The van der Waals surface area contributed by atoms with E-state index in [-0.39, 0.29) is 48.9 Å². The minimum Gasteiger partial charge on any atom is -0.497 e. The monoisotopic (exact) mass is 851 g/mol. The lowest BCUT2D eigenvalue weighted by Gasteiger charge is -2.39. The fourth-order valence-electron chi connectivity index (χ4n) is 10.1. The molecule has 4 aliphatic rings. The largest absolute Gasteiger partial charge is 0.497 e. The van der Waals surface area contributed by atoms with Gasteiger partial charge in [-0.1, -0.05) is 91.9 Å². The predicted octanol–water partition coefficient (Wildman–Crippen LogP) is 2.53. The van der Waals surface area contributed by atoms with E-state index in [1.54, 1.807) is 41.2 Å². The Morgan fingerprint density at radius 2 is 1.56 bits per heavy atom. The van der Waals surface area contributed by atoms with Gasteiger partial charge in [0.05, 0.1) is 52.6 Å². The summed E-state index contributed by atoms with van der Waals surface area (Å²) in [6.45, 7) is 6.97. The molecule has 0 unspecified atom stereocenters. The van der Waals surface area contributed by atoms with Crippen LogP contribution < -0.4 is 20.1 Å². The molecule has 6 N–H and O–H groups in total. The first-order valence-electron chi connectivity index (χ1n) is 20.7. The zero-order valence-corrected chi connectivity index (χ0v) is 35.5. The van der Waals surface area contributed by atoms with Gasteiger partial charge in [0.25, 0.3) is 11.8 Å². The van der Waals surface area contributed by atoms with E-state index in [9.17, 15) is 35.1 Å². The van der Waals surface area contributed by atoms with E-state index in [4.69, 9.17) is 14.2 Å². The van der Waals surface area contributed by atoms with E-state index in [0.717, 1.165) is 33.2 Å². The molecule has 4 aromatic rings. The quantitative estimate of drug-likeness (QED) is 0.128. The highest BCUT2D eigenvalue weighted by molar-refractivity contribution is 6.91. The number of benzene rings is 4. The lowest BCUT2D eigenvalue weighted by Crippen LogP contribution is -2.60. The Kier molecular flexibility index (Phi) is 11.7. The number of methoxy groups -OCH3 is 1. The molecule has 15 heteroatoms. The Morgan fingerprint density at radius 3 is 2.25 bits per heavy atom. The SMILES string of the molecule is COc1ccc([Si](C)(C)[C@H]2[C@H](CC(=O)N3Cc4ccccc4C[C@H]3CO)O[C@@]3(C(=O)N(Cc4ccc(NC(=O)[C@H]5O[C@@H](O)[C@H](O)[C@@H](O)[C@@H]5O)cc4)c4ccccc43)[C@@H]2C)cc1. The van der Waals surface area contributed by atoms with Gasteiger partial charge in [-0.05, 0) is 59.0 Å². The number of carbonyl (C=O) groups excluding carboxylic acids is 3. The second-order valence-electron chi connectivity index (χ2n) is 17.2. The summed E-state index contributed by atoms with van der Waals surface area (Å²) in [5.74, 6) is -0.817. The van der Waals surface area contributed by atoms with Crippen molar-refractivity contribution in [2.24, 2.45) is 5.92 Å². The average molecular weight is 852 g/mol. The molecular weight excluding hydrogens is 799 g/mol. The topological polar surface area (TPSA) is 199 Å². The minimum atomic E-state index is -2.57. The molecule has 0 aliphatic carbocycles. The van der Waals surface area contributed by atoms with Crippen LogP contribution in [0.3, 0.4) is 0 Å². The summed E-state index contributed by atoms with van der Waals surface area (Å²) in [5, 5.41) is 54.3. The van der Waals surface area contributed by atoms with Crippen LogP contribution in [0.4, 0.5) is 11.4 Å². The Balaban J connectivity index is 1.08. The van der Waals surface area contributed by atoms with Gasteiger partial charge in [-0.2, -0.15) is 0 Å². The Hall–Kier alpha value is -4.97. The van der Waals surface area contributed by atoms with Crippen LogP contribution in [0.15, 0.2) is 97.1 Å². The average Bonchev–Trinajstić information content (AvgIpc) is 3.69. The number of rotatable bonds is 10. The number of amides is 3. The molecule has 10 atom stereocenters. The number of carbonyl (C=O) groups is 3. The lowest BCUT2D eigenvalue weighted by atomic mass is 9.82. The maximum atomic E-state index is 15.3. The number of hydrogen-bond acceptors (Lipinski definition) is 11. The van der Waals surface area contributed by atoms with Gasteiger partial charge in [-0.3, -0.25) is 14.4 Å². The Morgan fingerprint density at radius 1 is 0.885 bits per heavy atom. The molecule has 1 spiro atoms. The molecule has 4 heterocycles. The second kappa shape index (κ2) is 16.7. The summed E-state index contributed by atoms with van der Waals surface area (Å²) in [4.78, 5) is 46.3. The summed E-state index contributed by atoms with van der Waals surface area (Å²) in [5.41, 5.74) is 3.08. The minimum absolute atomic E-state index is 0.0338. The van der Waals surface area contributed by atoms with Gasteiger partial charge in [-0.15, -0.1) is 0 Å². The molecule has 2 saturated heterocycles. The summed E-state index contributed by atoms with van der Waals surface area (Å²) in [7, 11) is -0.940. The zero-order chi connectivity index (χ0) is 43.4. The van der Waals surface area contributed by atoms with Crippen molar-refractivity contribution in [2.75, 3.05) is 23.9 Å². The van der Waals surface area contributed by atoms with Crippen molar-refractivity contribution in [2.45, 2.75) is 99.9 Å². The first-order chi connectivity index (χ1) is 29.2. The molecule has 4 aliphatic heterocycles. The highest BCUT2D eigenvalue weighted by Crippen LogP contribution is 2.60. The van der Waals surface area contributed by atoms with E-state index in [0.29, 0.717) is 24.3 Å². The maximum absolute atomic E-state index is 15.3. The molecule has 2 fully saturated rings. The van der Waals surface area contributed by atoms with Crippen LogP contribution in [0.5, 0.6) is 5.75 Å². The van der Waals surface area contributed by atoms with Gasteiger partial charge in [0.1, 0.15) is 24.1 Å². The maximum Gasteiger partial charge on any atom is 0.264 e. The van der Waals surface area contributed by atoms with Gasteiger partial charge in [-0.25, -0.2) is 0 Å². The number of aliphatic hydroxyl groups excluding tert-OH is 5. The van der Waals surface area contributed by atoms with Crippen molar-refractivity contribution in [3.8, 4) is 5.75 Å². The molecule has 3 amide bonds. The van der Waals surface area contributed by atoms with Crippen LogP contribution in [0, 0.1) is 5.92 Å². The highest BCUT2D eigenvalue weighted by atomic mass is 28.3. The molecule has 322 valence electrons. The van der Waals surface area contributed by atoms with Gasteiger partial charge in [0, 0.05) is 23.7 Å². The number of anilines is 2. The van der Waals surface area contributed by atoms with Crippen LogP contribution in [0.2, 0.25) is 18.6 Å². The van der Waals surface area contributed by atoms with Gasteiger partial charge in [0.15, 0.2) is 18.0 Å². The molecule has 14 nitrogen and oxygen atoms in total. The summed E-state index contributed by atoms with van der Waals surface area (Å²) in [6.07, 6.45) is -8.87. The van der Waals surface area contributed by atoms with Crippen molar-refractivity contribution in [3.05, 3.63) is 119 Å². The fourth-order valence-corrected chi connectivity index (χ4v) is 14.1. The number of nitrogens with one attached hydrogen (secondary N) is 1. The second-order valence-corrected chi connectivity index (χ2v) is 21.9. The number of fused-ring (bicyclic) bond motifs is 3. The van der Waals surface area contributed by atoms with Crippen LogP contribution in [-0.2, 0) is 49.0 Å². The number of nitrogens with zero attached hydrogens (tertiary/aromatic N) is 2. The number of ether oxygens (including phenoxy) is 3. The zero-order valence-electron chi connectivity index (χ0n) is 34.5. The lowest BCUT2D eigenvalue weighted by molar-refractivity contribution is -0.274. The van der Waals surface area contributed by atoms with Gasteiger partial charge < -0.3 is 54.9 Å². The van der Waals surface area contributed by atoms with Gasteiger partial charge >= 0.3 is 0 Å². The normalized spacial score (nSPS) is 29.7. The fraction of sp³-hybridized carbons (Fsp3) is 0.413. The highest BCUT2D eigenvalue weighted by Gasteiger charge is 2.66. The Labute approximate surface area is 355 Å². The molecule has 0 radical (unpaired) electrons. The first-order valence-corrected chi connectivity index (χ1v) is 23.8. The molecule has 4 aromatic carbocycles. The number of aliphatic hydroxyl groups is 5. The van der Waals surface area contributed by atoms with Crippen LogP contribution in [0.1, 0.15) is 35.6 Å². The van der Waals surface area contributed by atoms with E-state index < -0.39 is 56.4 Å². The van der Waals surface area contributed by atoms with Crippen molar-refractivity contribution >= 4 is 42.4 Å². The summed E-state index contributed by atoms with van der Waals surface area (Å²) < 4.78 is 17.8. The van der Waals surface area contributed by atoms with E-state index in [1.165, 1.54) is 0 Å². The smallest absolute Gasteiger partial charge is 0.264 e. The molecule has 0 saturated carbocycles. The van der Waals surface area contributed by atoms with Crippen LogP contribution >= 0.6 is 0 Å². The van der Waals surface area contributed by atoms with E-state index in [1.807, 2.05) is 60.7 Å². The van der Waals surface area contributed by atoms with E-state index in [2.05, 4.69) is 37.5 Å². The van der Waals surface area contributed by atoms with Crippen LogP contribution in [0.25, 0.3) is 0 Å². The van der Waals surface area contributed by atoms with Crippen molar-refractivity contribution in [1.82, 2.24) is 4.90 Å². The van der Waals surface area contributed by atoms with E-state index >= 15 is 4.79 Å². The third kappa shape index (κ3) is 7.46. The Bertz CT molecular complexity index is 2280. The van der Waals surface area contributed by atoms with Crippen molar-refractivity contribution < 1.29 is 54.1 Å². The predicted molar refractivity (Wildman–Crippen MR) is 227 cm³/mol.